The maximum Gasteiger partial charge on any atom is 0.231 e. The fourth-order valence-corrected chi connectivity index (χ4v) is 1.69. The van der Waals surface area contributed by atoms with E-state index in [9.17, 15) is 0 Å². The van der Waals surface area contributed by atoms with Crippen LogP contribution in [0, 0.1) is 0 Å². The summed E-state index contributed by atoms with van der Waals surface area (Å²) in [6.45, 7) is 0.232. The van der Waals surface area contributed by atoms with Crippen molar-refractivity contribution < 1.29 is 9.47 Å². The van der Waals surface area contributed by atoms with Gasteiger partial charge < -0.3 is 14.8 Å². The number of benzene rings is 2. The summed E-state index contributed by atoms with van der Waals surface area (Å²) < 4.78 is 11.0. The number of hydrogen-bond acceptors (Lipinski definition) is 3. The van der Waals surface area contributed by atoms with E-state index >= 15 is 0 Å². The van der Waals surface area contributed by atoms with Crippen LogP contribution in [-0.2, 0) is 0 Å². The highest BCUT2D eigenvalue weighted by atomic mass is 16.7. The second kappa shape index (κ2) is 3.77. The Bertz CT molecular complexity index is 465. The zero-order valence-electron chi connectivity index (χ0n) is 8.64. The number of rotatable bonds is 0. The summed E-state index contributed by atoms with van der Waals surface area (Å²) in [5.41, 5.74) is 1.91. The first-order valence-electron chi connectivity index (χ1n) is 5.14. The van der Waals surface area contributed by atoms with Crippen LogP contribution in [0.15, 0.2) is 48.5 Å². The van der Waals surface area contributed by atoms with Gasteiger partial charge >= 0.3 is 0 Å². The quantitative estimate of drug-likeness (QED) is 0.729. The minimum atomic E-state index is 0.232. The summed E-state index contributed by atoms with van der Waals surface area (Å²) in [5, 5.41) is 3.29. The zero-order valence-corrected chi connectivity index (χ0v) is 8.64. The van der Waals surface area contributed by atoms with Gasteiger partial charge in [0.1, 0.15) is 11.5 Å². The monoisotopic (exact) mass is 213 g/mol. The second-order valence-electron chi connectivity index (χ2n) is 3.52. The summed E-state index contributed by atoms with van der Waals surface area (Å²) in [7, 11) is 0. The number of hydrogen-bond donors (Lipinski definition) is 1. The highest BCUT2D eigenvalue weighted by Gasteiger charge is 2.10. The van der Waals surface area contributed by atoms with Gasteiger partial charge in [0.05, 0.1) is 11.4 Å². The lowest BCUT2D eigenvalue weighted by Gasteiger charge is -2.19. The lowest BCUT2D eigenvalue weighted by molar-refractivity contribution is 0.120. The summed E-state index contributed by atoms with van der Waals surface area (Å²) in [4.78, 5) is 0. The van der Waals surface area contributed by atoms with E-state index in [2.05, 4.69) is 5.32 Å². The highest BCUT2D eigenvalue weighted by Crippen LogP contribution is 2.34. The Kier molecular flexibility index (Phi) is 2.14. The van der Waals surface area contributed by atoms with E-state index in [0.717, 1.165) is 22.9 Å². The molecule has 0 saturated carbocycles. The SMILES string of the molecule is c1ccc2c(c1)Nc1ccccc1OCO2. The normalized spacial score (nSPS) is 13.0. The first-order valence-corrected chi connectivity index (χ1v) is 5.14. The summed E-state index contributed by atoms with van der Waals surface area (Å²) >= 11 is 0. The van der Waals surface area contributed by atoms with Crippen LogP contribution in [0.1, 0.15) is 0 Å². The van der Waals surface area contributed by atoms with E-state index in [1.54, 1.807) is 0 Å². The van der Waals surface area contributed by atoms with Crippen molar-refractivity contribution in [3.8, 4) is 11.5 Å². The molecule has 16 heavy (non-hydrogen) atoms. The van der Waals surface area contributed by atoms with Crippen molar-refractivity contribution in [2.24, 2.45) is 0 Å². The van der Waals surface area contributed by atoms with Crippen LogP contribution in [0.25, 0.3) is 0 Å². The van der Waals surface area contributed by atoms with Gasteiger partial charge in [-0.2, -0.15) is 0 Å². The van der Waals surface area contributed by atoms with Gasteiger partial charge in [-0.05, 0) is 24.3 Å². The molecule has 0 atom stereocenters. The van der Waals surface area contributed by atoms with Gasteiger partial charge in [-0.1, -0.05) is 24.3 Å². The number of anilines is 2. The van der Waals surface area contributed by atoms with E-state index in [1.807, 2.05) is 48.5 Å². The Labute approximate surface area is 93.6 Å². The molecule has 0 spiro atoms. The average Bonchev–Trinajstić information content (AvgIpc) is 2.29. The van der Waals surface area contributed by atoms with Crippen molar-refractivity contribution in [3.63, 3.8) is 0 Å². The third-order valence-corrected chi connectivity index (χ3v) is 2.47. The van der Waals surface area contributed by atoms with Crippen molar-refractivity contribution in [1.29, 1.82) is 0 Å². The van der Waals surface area contributed by atoms with Gasteiger partial charge in [-0.25, -0.2) is 0 Å². The molecule has 2 aromatic rings. The molecule has 0 unspecified atom stereocenters. The predicted octanol–water partition coefficient (Wildman–Crippen LogP) is 3.16. The number of fused-ring (bicyclic) bond motifs is 2. The van der Waals surface area contributed by atoms with Crippen molar-refractivity contribution in [3.05, 3.63) is 48.5 Å². The molecule has 1 aliphatic rings. The van der Waals surface area contributed by atoms with Crippen LogP contribution in [-0.4, -0.2) is 6.79 Å². The molecule has 0 bridgehead atoms. The number of para-hydroxylation sites is 4. The Balaban J connectivity index is 2.06. The highest BCUT2D eigenvalue weighted by molar-refractivity contribution is 5.70. The van der Waals surface area contributed by atoms with Crippen molar-refractivity contribution in [2.75, 3.05) is 12.1 Å². The molecule has 0 fully saturated rings. The predicted molar refractivity (Wildman–Crippen MR) is 62.3 cm³/mol. The van der Waals surface area contributed by atoms with Crippen LogP contribution in [0.2, 0.25) is 0 Å². The standard InChI is InChI=1S/C13H11NO2/c1-3-7-12-10(5-1)14-11-6-2-4-8-13(11)16-9-15-12/h1-8,14H,9H2. The maximum absolute atomic E-state index is 5.50. The fraction of sp³-hybridized carbons (Fsp3) is 0.0769. The third kappa shape index (κ3) is 1.56. The molecule has 0 radical (unpaired) electrons. The molecule has 2 aromatic carbocycles. The average molecular weight is 213 g/mol. The maximum atomic E-state index is 5.50. The molecule has 0 aliphatic carbocycles. The van der Waals surface area contributed by atoms with E-state index < -0.39 is 0 Å². The summed E-state index contributed by atoms with van der Waals surface area (Å²) in [6.07, 6.45) is 0. The minimum Gasteiger partial charge on any atom is -0.455 e. The molecule has 1 heterocycles. The van der Waals surface area contributed by atoms with Crippen molar-refractivity contribution >= 4 is 11.4 Å². The first kappa shape index (κ1) is 9.09. The molecule has 0 aromatic heterocycles. The zero-order chi connectivity index (χ0) is 10.8. The van der Waals surface area contributed by atoms with Crippen molar-refractivity contribution in [2.45, 2.75) is 0 Å². The van der Waals surface area contributed by atoms with E-state index in [1.165, 1.54) is 0 Å². The Morgan fingerprint density at radius 2 is 1.25 bits per heavy atom. The van der Waals surface area contributed by atoms with Crippen LogP contribution in [0.5, 0.6) is 11.5 Å². The molecule has 3 rings (SSSR count). The molecule has 3 nitrogen and oxygen atoms in total. The first-order chi connectivity index (χ1) is 7.93. The molecule has 3 heteroatoms. The van der Waals surface area contributed by atoms with Gasteiger partial charge in [0.15, 0.2) is 0 Å². The van der Waals surface area contributed by atoms with Gasteiger partial charge in [0.25, 0.3) is 0 Å². The molecular formula is C13H11NO2. The lowest BCUT2D eigenvalue weighted by atomic mass is 10.2. The number of nitrogens with one attached hydrogen (secondary N) is 1. The largest absolute Gasteiger partial charge is 0.455 e. The summed E-state index contributed by atoms with van der Waals surface area (Å²) in [5.74, 6) is 1.61. The molecule has 1 N–H and O–H groups in total. The third-order valence-electron chi connectivity index (χ3n) is 2.47. The Morgan fingerprint density at radius 1 is 0.750 bits per heavy atom. The topological polar surface area (TPSA) is 30.5 Å². The minimum absolute atomic E-state index is 0.232. The van der Waals surface area contributed by atoms with Gasteiger partial charge in [0.2, 0.25) is 6.79 Å². The van der Waals surface area contributed by atoms with Crippen molar-refractivity contribution in [1.82, 2.24) is 0 Å². The lowest BCUT2D eigenvalue weighted by Crippen LogP contribution is -2.11. The smallest absolute Gasteiger partial charge is 0.231 e. The van der Waals surface area contributed by atoms with Gasteiger partial charge in [-0.3, -0.25) is 0 Å². The molecule has 0 amide bonds. The van der Waals surface area contributed by atoms with Crippen LogP contribution >= 0.6 is 0 Å². The van der Waals surface area contributed by atoms with Crippen LogP contribution in [0.4, 0.5) is 11.4 Å². The van der Waals surface area contributed by atoms with E-state index in [4.69, 9.17) is 9.47 Å². The van der Waals surface area contributed by atoms with Gasteiger partial charge in [0, 0.05) is 0 Å². The fourth-order valence-electron chi connectivity index (χ4n) is 1.69. The Morgan fingerprint density at radius 3 is 1.81 bits per heavy atom. The van der Waals surface area contributed by atoms with Crippen LogP contribution in [0.3, 0.4) is 0 Å². The molecule has 1 aliphatic heterocycles. The molecule has 80 valence electrons. The molecular weight excluding hydrogens is 202 g/mol. The van der Waals surface area contributed by atoms with E-state index in [0.29, 0.717) is 0 Å². The van der Waals surface area contributed by atoms with Gasteiger partial charge in [-0.15, -0.1) is 0 Å². The number of ether oxygens (including phenoxy) is 2. The Hall–Kier alpha value is -2.16. The summed E-state index contributed by atoms with van der Waals surface area (Å²) in [6, 6.07) is 15.6. The molecule has 0 saturated heterocycles. The second-order valence-corrected chi connectivity index (χ2v) is 3.52. The van der Waals surface area contributed by atoms with E-state index in [-0.39, 0.29) is 6.79 Å². The van der Waals surface area contributed by atoms with Crippen LogP contribution < -0.4 is 14.8 Å².